The summed E-state index contributed by atoms with van der Waals surface area (Å²) in [6.07, 6.45) is 2.44. The SMILES string of the molecule is COCCOCCCn1c(C)c(C)c2c(N)ncnc21. The summed E-state index contributed by atoms with van der Waals surface area (Å²) < 4.78 is 12.6. The van der Waals surface area contributed by atoms with Crippen molar-refractivity contribution in [1.29, 1.82) is 0 Å². The fourth-order valence-electron chi connectivity index (χ4n) is 2.34. The molecule has 0 saturated heterocycles. The number of rotatable bonds is 7. The van der Waals surface area contributed by atoms with Gasteiger partial charge in [0.1, 0.15) is 17.8 Å². The second kappa shape index (κ2) is 6.67. The molecule has 0 spiro atoms. The van der Waals surface area contributed by atoms with E-state index in [2.05, 4.69) is 28.4 Å². The van der Waals surface area contributed by atoms with Crippen molar-refractivity contribution in [3.63, 3.8) is 0 Å². The molecular formula is C14H22N4O2. The summed E-state index contributed by atoms with van der Waals surface area (Å²) in [5.74, 6) is 0.547. The van der Waals surface area contributed by atoms with Crippen LogP contribution in [-0.4, -0.2) is 41.5 Å². The molecule has 0 aliphatic carbocycles. The van der Waals surface area contributed by atoms with Crippen LogP contribution in [0, 0.1) is 13.8 Å². The van der Waals surface area contributed by atoms with Gasteiger partial charge in [0.15, 0.2) is 0 Å². The van der Waals surface area contributed by atoms with E-state index >= 15 is 0 Å². The zero-order valence-corrected chi connectivity index (χ0v) is 12.3. The van der Waals surface area contributed by atoms with Gasteiger partial charge in [0.25, 0.3) is 0 Å². The highest BCUT2D eigenvalue weighted by atomic mass is 16.5. The minimum atomic E-state index is 0.547. The Hall–Kier alpha value is -1.66. The average molecular weight is 278 g/mol. The Bertz CT molecular complexity index is 580. The number of nitrogens with zero attached hydrogens (tertiary/aromatic N) is 3. The molecule has 2 aromatic rings. The zero-order chi connectivity index (χ0) is 14.5. The van der Waals surface area contributed by atoms with Crippen LogP contribution >= 0.6 is 0 Å². The number of aryl methyl sites for hydroxylation is 2. The third-order valence-electron chi connectivity index (χ3n) is 3.54. The second-order valence-electron chi connectivity index (χ2n) is 4.78. The largest absolute Gasteiger partial charge is 0.383 e. The molecule has 0 bridgehead atoms. The minimum absolute atomic E-state index is 0.547. The number of nitrogen functional groups attached to an aromatic ring is 1. The van der Waals surface area contributed by atoms with Crippen molar-refractivity contribution >= 4 is 16.9 Å². The van der Waals surface area contributed by atoms with Gasteiger partial charge in [-0.2, -0.15) is 0 Å². The van der Waals surface area contributed by atoms with E-state index in [9.17, 15) is 0 Å². The van der Waals surface area contributed by atoms with Gasteiger partial charge in [-0.05, 0) is 25.8 Å². The molecule has 6 heteroatoms. The molecule has 2 N–H and O–H groups in total. The van der Waals surface area contributed by atoms with Gasteiger partial charge in [0.2, 0.25) is 0 Å². The highest BCUT2D eigenvalue weighted by Crippen LogP contribution is 2.26. The van der Waals surface area contributed by atoms with Gasteiger partial charge >= 0.3 is 0 Å². The number of hydrogen-bond acceptors (Lipinski definition) is 5. The van der Waals surface area contributed by atoms with Crippen molar-refractivity contribution in [3.8, 4) is 0 Å². The third-order valence-corrected chi connectivity index (χ3v) is 3.54. The van der Waals surface area contributed by atoms with E-state index in [0.717, 1.165) is 29.6 Å². The maximum absolute atomic E-state index is 5.95. The molecule has 0 saturated carbocycles. The Morgan fingerprint density at radius 1 is 1.20 bits per heavy atom. The Kier molecular flexibility index (Phi) is 4.92. The first-order valence-electron chi connectivity index (χ1n) is 6.79. The minimum Gasteiger partial charge on any atom is -0.383 e. The molecule has 0 aromatic carbocycles. The Balaban J connectivity index is 2.07. The molecule has 0 unspecified atom stereocenters. The van der Waals surface area contributed by atoms with Crippen molar-refractivity contribution in [1.82, 2.24) is 14.5 Å². The number of hydrogen-bond donors (Lipinski definition) is 1. The lowest BCUT2D eigenvalue weighted by atomic mass is 10.2. The summed E-state index contributed by atoms with van der Waals surface area (Å²) in [6, 6.07) is 0. The van der Waals surface area contributed by atoms with Crippen LogP contribution in [0.3, 0.4) is 0 Å². The maximum Gasteiger partial charge on any atom is 0.145 e. The summed E-state index contributed by atoms with van der Waals surface area (Å²) in [5, 5.41) is 0.963. The summed E-state index contributed by atoms with van der Waals surface area (Å²) >= 11 is 0. The fourth-order valence-corrected chi connectivity index (χ4v) is 2.34. The molecule has 0 atom stereocenters. The predicted molar refractivity (Wildman–Crippen MR) is 78.7 cm³/mol. The van der Waals surface area contributed by atoms with Crippen molar-refractivity contribution in [3.05, 3.63) is 17.6 Å². The van der Waals surface area contributed by atoms with E-state index < -0.39 is 0 Å². The van der Waals surface area contributed by atoms with E-state index in [-0.39, 0.29) is 0 Å². The van der Waals surface area contributed by atoms with Crippen LogP contribution in [0.15, 0.2) is 6.33 Å². The average Bonchev–Trinajstić information content (AvgIpc) is 2.68. The number of aromatic nitrogens is 3. The third kappa shape index (κ3) is 2.91. The summed E-state index contributed by atoms with van der Waals surface area (Å²) in [5.41, 5.74) is 9.19. The molecule has 20 heavy (non-hydrogen) atoms. The number of nitrogens with two attached hydrogens (primary N) is 1. The van der Waals surface area contributed by atoms with Crippen LogP contribution in [0.5, 0.6) is 0 Å². The smallest absolute Gasteiger partial charge is 0.145 e. The standard InChI is InChI=1S/C14H22N4O2/c1-10-11(2)18(5-4-6-20-8-7-19-3)14-12(10)13(15)16-9-17-14/h9H,4-8H2,1-3H3,(H2,15,16,17). The van der Waals surface area contributed by atoms with E-state index in [4.69, 9.17) is 15.2 Å². The molecule has 0 amide bonds. The van der Waals surface area contributed by atoms with Gasteiger partial charge in [-0.25, -0.2) is 9.97 Å². The summed E-state index contributed by atoms with van der Waals surface area (Å²) in [4.78, 5) is 8.43. The Labute approximate surface area is 118 Å². The quantitative estimate of drug-likeness (QED) is 0.780. The number of methoxy groups -OCH3 is 1. The highest BCUT2D eigenvalue weighted by Gasteiger charge is 2.14. The molecule has 0 radical (unpaired) electrons. The molecule has 2 aromatic heterocycles. The van der Waals surface area contributed by atoms with Gasteiger partial charge in [-0.3, -0.25) is 0 Å². The van der Waals surface area contributed by atoms with Crippen LogP contribution < -0.4 is 5.73 Å². The lowest BCUT2D eigenvalue weighted by Gasteiger charge is -2.08. The molecule has 0 aliphatic rings. The molecule has 2 rings (SSSR count). The highest BCUT2D eigenvalue weighted by molar-refractivity contribution is 5.90. The number of fused-ring (bicyclic) bond motifs is 1. The molecule has 0 aliphatic heterocycles. The van der Waals surface area contributed by atoms with Crippen molar-refractivity contribution in [2.45, 2.75) is 26.8 Å². The lowest BCUT2D eigenvalue weighted by Crippen LogP contribution is -2.07. The molecule has 6 nitrogen and oxygen atoms in total. The lowest BCUT2D eigenvalue weighted by molar-refractivity contribution is 0.0681. The van der Waals surface area contributed by atoms with Crippen LogP contribution in [0.2, 0.25) is 0 Å². The number of anilines is 1. The van der Waals surface area contributed by atoms with Crippen LogP contribution in [-0.2, 0) is 16.0 Å². The molecule has 0 fully saturated rings. The predicted octanol–water partition coefficient (Wildman–Crippen LogP) is 1.68. The van der Waals surface area contributed by atoms with Crippen LogP contribution in [0.4, 0.5) is 5.82 Å². The van der Waals surface area contributed by atoms with Gasteiger partial charge in [-0.15, -0.1) is 0 Å². The molecule has 2 heterocycles. The Morgan fingerprint density at radius 3 is 2.75 bits per heavy atom. The number of ether oxygens (including phenoxy) is 2. The zero-order valence-electron chi connectivity index (χ0n) is 12.3. The normalized spacial score (nSPS) is 11.3. The first kappa shape index (κ1) is 14.7. The monoisotopic (exact) mass is 278 g/mol. The fraction of sp³-hybridized carbons (Fsp3) is 0.571. The summed E-state index contributed by atoms with van der Waals surface area (Å²) in [6.45, 7) is 6.98. The van der Waals surface area contributed by atoms with Crippen molar-refractivity contribution in [2.24, 2.45) is 0 Å². The van der Waals surface area contributed by atoms with E-state index in [0.29, 0.717) is 25.6 Å². The van der Waals surface area contributed by atoms with Crippen LogP contribution in [0.1, 0.15) is 17.7 Å². The first-order chi connectivity index (χ1) is 9.66. The molecule has 110 valence electrons. The van der Waals surface area contributed by atoms with Crippen molar-refractivity contribution in [2.75, 3.05) is 32.7 Å². The maximum atomic E-state index is 5.95. The van der Waals surface area contributed by atoms with E-state index in [1.165, 1.54) is 12.0 Å². The summed E-state index contributed by atoms with van der Waals surface area (Å²) in [7, 11) is 1.67. The van der Waals surface area contributed by atoms with E-state index in [1.54, 1.807) is 7.11 Å². The van der Waals surface area contributed by atoms with E-state index in [1.807, 2.05) is 0 Å². The first-order valence-corrected chi connectivity index (χ1v) is 6.79. The van der Waals surface area contributed by atoms with Gasteiger partial charge in [-0.1, -0.05) is 0 Å². The topological polar surface area (TPSA) is 75.2 Å². The van der Waals surface area contributed by atoms with Crippen molar-refractivity contribution < 1.29 is 9.47 Å². The Morgan fingerprint density at radius 2 is 2.00 bits per heavy atom. The van der Waals surface area contributed by atoms with Gasteiger partial charge in [0.05, 0.1) is 18.6 Å². The van der Waals surface area contributed by atoms with Crippen LogP contribution in [0.25, 0.3) is 11.0 Å². The second-order valence-corrected chi connectivity index (χ2v) is 4.78. The van der Waals surface area contributed by atoms with Gasteiger partial charge < -0.3 is 19.8 Å². The molecular weight excluding hydrogens is 256 g/mol. The van der Waals surface area contributed by atoms with Gasteiger partial charge in [0, 0.05) is 26.0 Å².